The molecule has 0 amide bonds. The van der Waals surface area contributed by atoms with Crippen molar-refractivity contribution in [3.05, 3.63) is 102 Å². The molecule has 0 bridgehead atoms. The Morgan fingerprint density at radius 3 is 1.64 bits per heavy atom. The van der Waals surface area contributed by atoms with Gasteiger partial charge in [0.15, 0.2) is 11.5 Å². The number of fused-ring (bicyclic) bond motifs is 2. The van der Waals surface area contributed by atoms with Crippen molar-refractivity contribution < 1.29 is 4.74 Å². The van der Waals surface area contributed by atoms with E-state index in [9.17, 15) is 0 Å². The standard InChI is InChI=1S/C32H33NO.C2H2/c1-31(2,3)24-14-11-22(12-15-24)23-13-20-28-30(21-23)34-29-10-8-7-9-27(29)33(28)26-18-16-25(17-19-26)32(4,5)6;1-2/h7-21H,1-6H3;1-2H. The molecule has 182 valence electrons. The highest BCUT2D eigenvalue weighted by Gasteiger charge is 2.26. The van der Waals surface area contributed by atoms with Gasteiger partial charge in [-0.2, -0.15) is 0 Å². The van der Waals surface area contributed by atoms with Crippen molar-refractivity contribution in [2.24, 2.45) is 0 Å². The number of para-hydroxylation sites is 2. The van der Waals surface area contributed by atoms with E-state index in [1.165, 1.54) is 16.7 Å². The minimum Gasteiger partial charge on any atom is -0.453 e. The summed E-state index contributed by atoms with van der Waals surface area (Å²) >= 11 is 0. The third-order valence-electron chi connectivity index (χ3n) is 6.60. The summed E-state index contributed by atoms with van der Waals surface area (Å²) in [4.78, 5) is 2.30. The van der Waals surface area contributed by atoms with Crippen molar-refractivity contribution >= 4 is 17.1 Å². The average Bonchev–Trinajstić information content (AvgIpc) is 2.87. The van der Waals surface area contributed by atoms with E-state index in [1.807, 2.05) is 12.1 Å². The molecule has 1 heterocycles. The zero-order chi connectivity index (χ0) is 26.1. The van der Waals surface area contributed by atoms with Crippen LogP contribution in [0.2, 0.25) is 0 Å². The molecule has 0 fully saturated rings. The van der Waals surface area contributed by atoms with Gasteiger partial charge >= 0.3 is 0 Å². The number of terminal acetylenes is 1. The summed E-state index contributed by atoms with van der Waals surface area (Å²) in [6.45, 7) is 13.5. The van der Waals surface area contributed by atoms with Crippen molar-refractivity contribution in [2.45, 2.75) is 52.4 Å². The molecule has 0 saturated carbocycles. The van der Waals surface area contributed by atoms with Crippen molar-refractivity contribution in [2.75, 3.05) is 4.90 Å². The first-order valence-electron chi connectivity index (χ1n) is 12.4. The Morgan fingerprint density at radius 2 is 1.06 bits per heavy atom. The number of ether oxygens (including phenoxy) is 1. The van der Waals surface area contributed by atoms with Crippen molar-refractivity contribution in [1.29, 1.82) is 0 Å². The molecule has 4 aromatic rings. The Morgan fingerprint density at radius 1 is 0.556 bits per heavy atom. The first-order chi connectivity index (χ1) is 17.1. The van der Waals surface area contributed by atoms with Crippen LogP contribution in [0.25, 0.3) is 11.1 Å². The fraction of sp³-hybridized carbons (Fsp3) is 0.235. The van der Waals surface area contributed by atoms with Crippen LogP contribution in [0.1, 0.15) is 52.7 Å². The number of anilines is 3. The third kappa shape index (κ3) is 4.88. The van der Waals surface area contributed by atoms with E-state index in [2.05, 4.69) is 138 Å². The van der Waals surface area contributed by atoms with Gasteiger partial charge < -0.3 is 9.64 Å². The van der Waals surface area contributed by atoms with Gasteiger partial charge in [-0.3, -0.25) is 0 Å². The highest BCUT2D eigenvalue weighted by atomic mass is 16.5. The molecule has 0 spiro atoms. The van der Waals surface area contributed by atoms with Crippen molar-refractivity contribution in [3.63, 3.8) is 0 Å². The summed E-state index contributed by atoms with van der Waals surface area (Å²) in [5.74, 6) is 1.74. The van der Waals surface area contributed by atoms with E-state index in [0.717, 1.165) is 34.1 Å². The normalized spacial score (nSPS) is 12.5. The quantitative estimate of drug-likeness (QED) is 0.237. The van der Waals surface area contributed by atoms with Gasteiger partial charge in [-0.1, -0.05) is 96.1 Å². The molecule has 1 aliphatic heterocycles. The van der Waals surface area contributed by atoms with Gasteiger partial charge in [-0.05, 0) is 69.5 Å². The van der Waals surface area contributed by atoms with E-state index >= 15 is 0 Å². The molecule has 0 aromatic heterocycles. The molecule has 1 aliphatic rings. The Balaban J connectivity index is 0.00000148. The van der Waals surface area contributed by atoms with Gasteiger partial charge in [-0.15, -0.1) is 12.8 Å². The Bertz CT molecular complexity index is 1360. The largest absolute Gasteiger partial charge is 0.453 e. The number of hydrogen-bond donors (Lipinski definition) is 0. The molecule has 2 nitrogen and oxygen atoms in total. The molecule has 0 atom stereocenters. The maximum atomic E-state index is 6.41. The van der Waals surface area contributed by atoms with Gasteiger partial charge in [-0.25, -0.2) is 0 Å². The second kappa shape index (κ2) is 9.59. The van der Waals surface area contributed by atoms with Crippen LogP contribution in [-0.4, -0.2) is 0 Å². The van der Waals surface area contributed by atoms with Gasteiger partial charge in [0, 0.05) is 5.69 Å². The molecule has 4 aromatic carbocycles. The fourth-order valence-corrected chi connectivity index (χ4v) is 4.49. The van der Waals surface area contributed by atoms with Crippen LogP contribution in [0.4, 0.5) is 17.1 Å². The number of benzene rings is 4. The van der Waals surface area contributed by atoms with Crippen LogP contribution in [0.15, 0.2) is 91.0 Å². The summed E-state index contributed by atoms with van der Waals surface area (Å²) in [7, 11) is 0. The topological polar surface area (TPSA) is 12.5 Å². The Labute approximate surface area is 216 Å². The predicted octanol–water partition coefficient (Wildman–Crippen LogP) is 9.77. The minimum absolute atomic E-state index is 0.122. The summed E-state index contributed by atoms with van der Waals surface area (Å²) in [5, 5.41) is 0. The van der Waals surface area contributed by atoms with Crippen LogP contribution in [0.5, 0.6) is 11.5 Å². The number of rotatable bonds is 2. The molecule has 0 aliphatic carbocycles. The maximum absolute atomic E-state index is 6.41. The highest BCUT2D eigenvalue weighted by Crippen LogP contribution is 2.51. The molecule has 5 rings (SSSR count). The second-order valence-corrected chi connectivity index (χ2v) is 11.2. The second-order valence-electron chi connectivity index (χ2n) is 11.2. The van der Waals surface area contributed by atoms with E-state index < -0.39 is 0 Å². The monoisotopic (exact) mass is 473 g/mol. The predicted molar refractivity (Wildman–Crippen MR) is 154 cm³/mol. The summed E-state index contributed by atoms with van der Waals surface area (Å²) in [6.07, 6.45) is 8.00. The molecule has 36 heavy (non-hydrogen) atoms. The van der Waals surface area contributed by atoms with Crippen molar-refractivity contribution in [1.82, 2.24) is 0 Å². The van der Waals surface area contributed by atoms with Gasteiger partial charge in [0.1, 0.15) is 0 Å². The lowest BCUT2D eigenvalue weighted by Crippen LogP contribution is -2.16. The molecule has 0 saturated heterocycles. The van der Waals surface area contributed by atoms with Crippen LogP contribution >= 0.6 is 0 Å². The van der Waals surface area contributed by atoms with Crippen LogP contribution < -0.4 is 9.64 Å². The minimum atomic E-state index is 0.122. The number of hydrogen-bond acceptors (Lipinski definition) is 2. The van der Waals surface area contributed by atoms with E-state index in [-0.39, 0.29) is 10.8 Å². The van der Waals surface area contributed by atoms with Gasteiger partial charge in [0.2, 0.25) is 0 Å². The first kappa shape index (κ1) is 25.1. The maximum Gasteiger partial charge on any atom is 0.152 e. The highest BCUT2D eigenvalue weighted by molar-refractivity contribution is 5.87. The summed E-state index contributed by atoms with van der Waals surface area (Å²) in [6, 6.07) is 32.6. The molecule has 0 N–H and O–H groups in total. The molecule has 0 radical (unpaired) electrons. The molecular weight excluding hydrogens is 438 g/mol. The molecule has 2 heteroatoms. The summed E-state index contributed by atoms with van der Waals surface area (Å²) in [5.41, 5.74) is 8.52. The molecular formula is C34H35NO. The third-order valence-corrected chi connectivity index (χ3v) is 6.60. The Hall–Kier alpha value is -3.96. The van der Waals surface area contributed by atoms with Crippen LogP contribution in [-0.2, 0) is 10.8 Å². The fourth-order valence-electron chi connectivity index (χ4n) is 4.49. The first-order valence-corrected chi connectivity index (χ1v) is 12.4. The zero-order valence-electron chi connectivity index (χ0n) is 22.2. The molecule has 0 unspecified atom stereocenters. The van der Waals surface area contributed by atoms with E-state index in [0.29, 0.717) is 0 Å². The lowest BCUT2D eigenvalue weighted by molar-refractivity contribution is 0.477. The SMILES string of the molecule is C#C.CC(C)(C)c1ccc(-c2ccc3c(c2)Oc2ccccc2N3c2ccc(C(C)(C)C)cc2)cc1. The average molecular weight is 474 g/mol. The lowest BCUT2D eigenvalue weighted by Gasteiger charge is -2.33. The van der Waals surface area contributed by atoms with Crippen LogP contribution in [0.3, 0.4) is 0 Å². The lowest BCUT2D eigenvalue weighted by atomic mass is 9.86. The van der Waals surface area contributed by atoms with E-state index in [1.54, 1.807) is 0 Å². The smallest absolute Gasteiger partial charge is 0.152 e. The van der Waals surface area contributed by atoms with Crippen molar-refractivity contribution in [3.8, 4) is 35.5 Å². The zero-order valence-corrected chi connectivity index (χ0v) is 22.2. The van der Waals surface area contributed by atoms with Crippen LogP contribution in [0, 0.1) is 12.8 Å². The Kier molecular flexibility index (Phi) is 6.70. The van der Waals surface area contributed by atoms with Gasteiger partial charge in [0.05, 0.1) is 11.4 Å². The van der Waals surface area contributed by atoms with E-state index in [4.69, 9.17) is 4.74 Å². The number of nitrogens with zero attached hydrogens (tertiary/aromatic N) is 1. The van der Waals surface area contributed by atoms with Gasteiger partial charge in [0.25, 0.3) is 0 Å². The summed E-state index contributed by atoms with van der Waals surface area (Å²) < 4.78 is 6.41.